The van der Waals surface area contributed by atoms with Crippen LogP contribution in [0.4, 0.5) is 10.7 Å². The number of fused-ring (bicyclic) bond motifs is 1. The van der Waals surface area contributed by atoms with Crippen LogP contribution in [0.5, 0.6) is 0 Å². The first-order valence-corrected chi connectivity index (χ1v) is 4.53. The highest BCUT2D eigenvalue weighted by atomic mass is 16.5. The Morgan fingerprint density at radius 1 is 1.56 bits per heavy atom. The second-order valence-electron chi connectivity index (χ2n) is 3.06. The van der Waals surface area contributed by atoms with Crippen LogP contribution in [0, 0.1) is 0 Å². The molecule has 2 aromatic rings. The lowest BCUT2D eigenvalue weighted by Crippen LogP contribution is -2.11. The molecule has 0 saturated carbocycles. The summed E-state index contributed by atoms with van der Waals surface area (Å²) in [6.45, 7) is 0. The number of nitrogens with zero attached hydrogens (tertiary/aromatic N) is 1. The molecule has 0 radical (unpaired) electrons. The van der Waals surface area contributed by atoms with Crippen molar-refractivity contribution in [2.24, 2.45) is 0 Å². The van der Waals surface area contributed by atoms with Crippen molar-refractivity contribution in [2.45, 2.75) is 0 Å². The van der Waals surface area contributed by atoms with Crippen molar-refractivity contribution in [3.8, 4) is 0 Å². The molecule has 0 atom stereocenters. The zero-order valence-corrected chi connectivity index (χ0v) is 8.48. The zero-order valence-electron chi connectivity index (χ0n) is 8.48. The molecule has 0 fully saturated rings. The molecule has 0 aliphatic heterocycles. The Morgan fingerprint density at radius 3 is 3.06 bits per heavy atom. The summed E-state index contributed by atoms with van der Waals surface area (Å²) >= 11 is 0. The molecule has 0 aliphatic rings. The number of methoxy groups -OCH3 is 1. The number of ether oxygens (including phenoxy) is 1. The maximum Gasteiger partial charge on any atom is 0.413 e. The Morgan fingerprint density at radius 2 is 2.38 bits per heavy atom. The average molecular weight is 219 g/mol. The molecule has 1 aromatic carbocycles. The fourth-order valence-corrected chi connectivity index (χ4v) is 1.36. The fourth-order valence-electron chi connectivity index (χ4n) is 1.36. The molecule has 1 aromatic heterocycles. The first-order chi connectivity index (χ1) is 7.74. The molecule has 0 unspecified atom stereocenters. The van der Waals surface area contributed by atoms with E-state index in [9.17, 15) is 9.59 Å². The van der Waals surface area contributed by atoms with E-state index in [0.29, 0.717) is 22.9 Å². The molecule has 0 bridgehead atoms. The summed E-state index contributed by atoms with van der Waals surface area (Å²) in [6.07, 6.45) is 0.0946. The minimum atomic E-state index is -0.619. The van der Waals surface area contributed by atoms with Crippen molar-refractivity contribution in [2.75, 3.05) is 12.4 Å². The topological polar surface area (TPSA) is 84.1 Å². The first kappa shape index (κ1) is 10.2. The van der Waals surface area contributed by atoms with E-state index in [4.69, 9.17) is 0 Å². The lowest BCUT2D eigenvalue weighted by Gasteiger charge is -1.96. The van der Waals surface area contributed by atoms with E-state index in [1.54, 1.807) is 18.2 Å². The number of aromatic nitrogens is 2. The van der Waals surface area contributed by atoms with Gasteiger partial charge in [-0.15, -0.1) is 0 Å². The molecule has 6 heteroatoms. The van der Waals surface area contributed by atoms with Crippen LogP contribution in [0.25, 0.3) is 11.0 Å². The lowest BCUT2D eigenvalue weighted by molar-refractivity contribution is 0.112. The molecule has 82 valence electrons. The molecule has 0 aliphatic carbocycles. The van der Waals surface area contributed by atoms with Crippen LogP contribution in [0.15, 0.2) is 18.2 Å². The third kappa shape index (κ3) is 1.72. The summed E-state index contributed by atoms with van der Waals surface area (Å²) in [6, 6.07) is 5.14. The number of rotatable bonds is 2. The highest BCUT2D eigenvalue weighted by molar-refractivity contribution is 5.96. The quantitative estimate of drug-likeness (QED) is 0.750. The van der Waals surface area contributed by atoms with E-state index in [2.05, 4.69) is 20.0 Å². The van der Waals surface area contributed by atoms with Gasteiger partial charge in [-0.3, -0.25) is 10.1 Å². The second kappa shape index (κ2) is 4.01. The van der Waals surface area contributed by atoms with Crippen molar-refractivity contribution in [3.63, 3.8) is 0 Å². The summed E-state index contributed by atoms with van der Waals surface area (Å²) in [5, 5.41) is 2.39. The summed E-state index contributed by atoms with van der Waals surface area (Å²) in [4.78, 5) is 28.6. The van der Waals surface area contributed by atoms with Crippen LogP contribution in [0.3, 0.4) is 0 Å². The third-order valence-corrected chi connectivity index (χ3v) is 2.08. The number of aromatic amines is 1. The van der Waals surface area contributed by atoms with E-state index in [-0.39, 0.29) is 5.95 Å². The van der Waals surface area contributed by atoms with Gasteiger partial charge in [-0.2, -0.15) is 0 Å². The molecule has 0 spiro atoms. The maximum absolute atomic E-state index is 10.9. The minimum absolute atomic E-state index is 0.246. The van der Waals surface area contributed by atoms with Crippen LogP contribution < -0.4 is 5.32 Å². The highest BCUT2D eigenvalue weighted by Crippen LogP contribution is 2.17. The van der Waals surface area contributed by atoms with E-state index < -0.39 is 6.09 Å². The Kier molecular flexibility index (Phi) is 2.55. The standard InChI is InChI=1S/C10H9N3O3/c1-16-10(15)13-9-11-7-4-2-3-6(5-14)8(7)12-9/h2-5H,1H3,(H2,11,12,13,15). The number of anilines is 1. The number of aldehydes is 1. The third-order valence-electron chi connectivity index (χ3n) is 2.08. The minimum Gasteiger partial charge on any atom is -0.453 e. The molecule has 16 heavy (non-hydrogen) atoms. The fraction of sp³-hybridized carbons (Fsp3) is 0.100. The largest absolute Gasteiger partial charge is 0.453 e. The smallest absolute Gasteiger partial charge is 0.413 e. The van der Waals surface area contributed by atoms with Crippen molar-refractivity contribution in [1.29, 1.82) is 0 Å². The summed E-state index contributed by atoms with van der Waals surface area (Å²) < 4.78 is 4.43. The summed E-state index contributed by atoms with van der Waals surface area (Å²) in [5.41, 5.74) is 1.66. The Balaban J connectivity index is 2.43. The molecular formula is C10H9N3O3. The van der Waals surface area contributed by atoms with Gasteiger partial charge in [-0.05, 0) is 12.1 Å². The highest BCUT2D eigenvalue weighted by Gasteiger charge is 2.08. The van der Waals surface area contributed by atoms with Gasteiger partial charge in [-0.1, -0.05) is 6.07 Å². The number of H-pyrrole nitrogens is 1. The normalized spacial score (nSPS) is 10.1. The van der Waals surface area contributed by atoms with E-state index in [1.165, 1.54) is 7.11 Å². The van der Waals surface area contributed by atoms with Crippen molar-refractivity contribution >= 4 is 29.4 Å². The number of hydrogen-bond acceptors (Lipinski definition) is 4. The van der Waals surface area contributed by atoms with Crippen LogP contribution in [0.2, 0.25) is 0 Å². The zero-order chi connectivity index (χ0) is 11.5. The van der Waals surface area contributed by atoms with Gasteiger partial charge in [0.1, 0.15) is 5.52 Å². The Bertz CT molecular complexity index is 547. The monoisotopic (exact) mass is 219 g/mol. The van der Waals surface area contributed by atoms with E-state index in [0.717, 1.165) is 0 Å². The van der Waals surface area contributed by atoms with Crippen molar-refractivity contribution in [3.05, 3.63) is 23.8 Å². The van der Waals surface area contributed by atoms with Crippen LogP contribution >= 0.6 is 0 Å². The number of carbonyl (C=O) groups excluding carboxylic acids is 2. The molecule has 0 saturated heterocycles. The second-order valence-corrected chi connectivity index (χ2v) is 3.06. The van der Waals surface area contributed by atoms with Gasteiger partial charge in [-0.25, -0.2) is 9.78 Å². The number of hydrogen-bond donors (Lipinski definition) is 2. The molecule has 2 N–H and O–H groups in total. The van der Waals surface area contributed by atoms with Gasteiger partial charge >= 0.3 is 6.09 Å². The number of benzene rings is 1. The van der Waals surface area contributed by atoms with Crippen LogP contribution in [-0.4, -0.2) is 29.5 Å². The molecular weight excluding hydrogens is 210 g/mol. The van der Waals surface area contributed by atoms with E-state index >= 15 is 0 Å². The predicted molar refractivity (Wildman–Crippen MR) is 57.5 cm³/mol. The number of carbonyl (C=O) groups is 2. The first-order valence-electron chi connectivity index (χ1n) is 4.53. The van der Waals surface area contributed by atoms with Crippen LogP contribution in [-0.2, 0) is 4.74 Å². The molecule has 1 amide bonds. The maximum atomic E-state index is 10.9. The Labute approximate surface area is 90.6 Å². The molecule has 1 heterocycles. The number of amides is 1. The number of imidazole rings is 1. The molecule has 6 nitrogen and oxygen atoms in total. The van der Waals surface area contributed by atoms with Crippen molar-refractivity contribution in [1.82, 2.24) is 9.97 Å². The van der Waals surface area contributed by atoms with Crippen molar-refractivity contribution < 1.29 is 14.3 Å². The SMILES string of the molecule is COC(=O)Nc1nc2c(C=O)cccc2[nH]1. The van der Waals surface area contributed by atoms with Gasteiger partial charge < -0.3 is 9.72 Å². The van der Waals surface area contributed by atoms with Gasteiger partial charge in [0.2, 0.25) is 5.95 Å². The Hall–Kier alpha value is -2.37. The van der Waals surface area contributed by atoms with Crippen LogP contribution in [0.1, 0.15) is 10.4 Å². The average Bonchev–Trinajstić information content (AvgIpc) is 2.70. The lowest BCUT2D eigenvalue weighted by atomic mass is 10.2. The van der Waals surface area contributed by atoms with E-state index in [1.807, 2.05) is 0 Å². The number of nitrogens with one attached hydrogen (secondary N) is 2. The predicted octanol–water partition coefficient (Wildman–Crippen LogP) is 1.55. The van der Waals surface area contributed by atoms with Gasteiger partial charge in [0.25, 0.3) is 0 Å². The summed E-state index contributed by atoms with van der Waals surface area (Å²) in [5.74, 6) is 0.246. The van der Waals surface area contributed by atoms with Gasteiger partial charge in [0, 0.05) is 5.56 Å². The number of para-hydroxylation sites is 1. The van der Waals surface area contributed by atoms with Gasteiger partial charge in [0.05, 0.1) is 12.6 Å². The summed E-state index contributed by atoms with van der Waals surface area (Å²) in [7, 11) is 1.26. The van der Waals surface area contributed by atoms with Gasteiger partial charge in [0.15, 0.2) is 6.29 Å². The molecule has 2 rings (SSSR count).